The molecule has 1 saturated heterocycles. The quantitative estimate of drug-likeness (QED) is 0.364. The van der Waals surface area contributed by atoms with E-state index >= 15 is 0 Å². The van der Waals surface area contributed by atoms with Crippen molar-refractivity contribution in [1.29, 1.82) is 0 Å². The number of hydrogen-bond donors (Lipinski definition) is 0. The van der Waals surface area contributed by atoms with Crippen LogP contribution < -0.4 is 0 Å². The van der Waals surface area contributed by atoms with Crippen LogP contribution in [0.5, 0.6) is 0 Å². The van der Waals surface area contributed by atoms with E-state index in [1.54, 1.807) is 0 Å². The maximum absolute atomic E-state index is 12.9. The second kappa shape index (κ2) is 8.87. The predicted octanol–water partition coefficient (Wildman–Crippen LogP) is 5.37. The van der Waals surface area contributed by atoms with E-state index in [1.165, 1.54) is 11.8 Å². The van der Waals surface area contributed by atoms with Crippen LogP contribution in [-0.4, -0.2) is 51.1 Å². The average Bonchev–Trinajstić information content (AvgIpc) is 3.56. The Morgan fingerprint density at radius 1 is 1.03 bits per heavy atom. The fraction of sp³-hybridized carbons (Fsp3) is 0.222. The van der Waals surface area contributed by atoms with Crippen molar-refractivity contribution in [2.75, 3.05) is 13.1 Å². The Morgan fingerprint density at radius 3 is 2.54 bits per heavy atom. The number of morpholine rings is 1. The van der Waals surface area contributed by atoms with Crippen LogP contribution in [0.2, 0.25) is 0 Å². The van der Waals surface area contributed by atoms with Crippen molar-refractivity contribution < 1.29 is 13.9 Å². The van der Waals surface area contributed by atoms with Gasteiger partial charge >= 0.3 is 0 Å². The highest BCUT2D eigenvalue weighted by Gasteiger charge is 2.31. The van der Waals surface area contributed by atoms with Gasteiger partial charge in [-0.05, 0) is 56.0 Å². The molecule has 2 aromatic heterocycles. The molecule has 4 heterocycles. The maximum atomic E-state index is 12.9. The number of thioether (sulfide) groups is 1. The number of rotatable bonds is 3. The van der Waals surface area contributed by atoms with Crippen LogP contribution in [0, 0.1) is 0 Å². The summed E-state index contributed by atoms with van der Waals surface area (Å²) in [6.07, 6.45) is 3.98. The van der Waals surface area contributed by atoms with E-state index in [0.717, 1.165) is 27.4 Å². The van der Waals surface area contributed by atoms with Crippen LogP contribution in [0.1, 0.15) is 19.4 Å². The van der Waals surface area contributed by atoms with Crippen molar-refractivity contribution in [3.05, 3.63) is 77.3 Å². The van der Waals surface area contributed by atoms with Gasteiger partial charge in [-0.25, -0.2) is 4.68 Å². The largest absolute Gasteiger partial charge is 0.454 e. The van der Waals surface area contributed by atoms with Gasteiger partial charge < -0.3 is 14.1 Å². The van der Waals surface area contributed by atoms with Gasteiger partial charge in [-0.15, -0.1) is 0 Å². The normalized spacial score (nSPS) is 21.8. The fourth-order valence-electron chi connectivity index (χ4n) is 4.50. The van der Waals surface area contributed by atoms with Gasteiger partial charge in [0.05, 0.1) is 22.8 Å². The summed E-state index contributed by atoms with van der Waals surface area (Å²) < 4.78 is 13.8. The molecular formula is C27H24N4O3S. The molecule has 1 amide bonds. The summed E-state index contributed by atoms with van der Waals surface area (Å²) in [4.78, 5) is 19.9. The summed E-state index contributed by atoms with van der Waals surface area (Å²) in [5.74, 6) is 0.417. The Hall–Kier alpha value is -3.62. The molecule has 0 spiro atoms. The Labute approximate surface area is 207 Å². The second-order valence-corrected chi connectivity index (χ2v) is 9.84. The average molecular weight is 485 g/mol. The summed E-state index contributed by atoms with van der Waals surface area (Å²) in [5, 5.41) is 6.56. The molecular weight excluding hydrogens is 460 g/mol. The number of furan rings is 1. The Balaban J connectivity index is 1.38. The first-order chi connectivity index (χ1) is 17.0. The van der Waals surface area contributed by atoms with Crippen LogP contribution in [0.15, 0.2) is 81.2 Å². The lowest BCUT2D eigenvalue weighted by Crippen LogP contribution is -2.47. The number of amides is 1. The first-order valence-electron chi connectivity index (χ1n) is 11.6. The molecule has 8 heteroatoms. The minimum atomic E-state index is -0.236. The van der Waals surface area contributed by atoms with E-state index < -0.39 is 0 Å². The molecule has 0 bridgehead atoms. The smallest absolute Gasteiger partial charge is 0.286 e. The van der Waals surface area contributed by atoms with E-state index in [4.69, 9.17) is 14.3 Å². The minimum Gasteiger partial charge on any atom is -0.454 e. The summed E-state index contributed by atoms with van der Waals surface area (Å²) in [6, 6.07) is 19.7. The van der Waals surface area contributed by atoms with Gasteiger partial charge in [-0.3, -0.25) is 4.79 Å². The third-order valence-electron chi connectivity index (χ3n) is 6.01. The topological polar surface area (TPSA) is 72.9 Å². The number of aromatic nitrogens is 2. The van der Waals surface area contributed by atoms with Crippen molar-refractivity contribution in [3.8, 4) is 17.1 Å². The van der Waals surface area contributed by atoms with Crippen molar-refractivity contribution >= 4 is 39.9 Å². The standard InChI is InChI=1S/C27H24N4O3S/c1-17-14-30(15-18(2)33-17)27-28-26(32)24(35-27)13-20-16-31(21-9-4-3-5-10-21)29-25(20)23-12-19-8-6-7-11-22(19)34-23/h3-13,16-18H,14-15H2,1-2H3/b24-13-/t17-,18-/m0/s1. The van der Waals surface area contributed by atoms with Crippen molar-refractivity contribution in [2.45, 2.75) is 26.1 Å². The van der Waals surface area contributed by atoms with Gasteiger partial charge in [0, 0.05) is 30.2 Å². The van der Waals surface area contributed by atoms with Crippen molar-refractivity contribution in [2.24, 2.45) is 4.99 Å². The van der Waals surface area contributed by atoms with Crippen LogP contribution >= 0.6 is 11.8 Å². The molecule has 7 nitrogen and oxygen atoms in total. The fourth-order valence-corrected chi connectivity index (χ4v) is 5.43. The number of fused-ring (bicyclic) bond motifs is 1. The number of hydrogen-bond acceptors (Lipinski definition) is 6. The monoisotopic (exact) mass is 484 g/mol. The van der Waals surface area contributed by atoms with Gasteiger partial charge in [0.15, 0.2) is 10.9 Å². The van der Waals surface area contributed by atoms with Gasteiger partial charge in [-0.1, -0.05) is 36.4 Å². The highest BCUT2D eigenvalue weighted by Crippen LogP contribution is 2.35. The molecule has 35 heavy (non-hydrogen) atoms. The molecule has 1 fully saturated rings. The molecule has 0 aliphatic carbocycles. The van der Waals surface area contributed by atoms with E-state index in [-0.39, 0.29) is 18.1 Å². The molecule has 2 aliphatic heterocycles. The molecule has 0 saturated carbocycles. The van der Waals surface area contributed by atoms with Gasteiger partial charge in [0.25, 0.3) is 5.91 Å². The maximum Gasteiger partial charge on any atom is 0.286 e. The molecule has 0 radical (unpaired) electrons. The lowest BCUT2D eigenvalue weighted by molar-refractivity contribution is -0.113. The number of carbonyl (C=O) groups is 1. The SMILES string of the molecule is C[C@H]1CN(C2=NC(=O)/C(=C/c3cn(-c4ccccc4)nc3-c3cc4ccccc4o3)S2)C[C@H](C)O1. The van der Waals surface area contributed by atoms with Crippen LogP contribution in [0.4, 0.5) is 0 Å². The minimum absolute atomic E-state index is 0.0916. The third-order valence-corrected chi connectivity index (χ3v) is 7.05. The molecule has 2 aromatic carbocycles. The lowest BCUT2D eigenvalue weighted by Gasteiger charge is -2.35. The molecule has 2 aliphatic rings. The zero-order chi connectivity index (χ0) is 23.9. The summed E-state index contributed by atoms with van der Waals surface area (Å²) >= 11 is 1.40. The third kappa shape index (κ3) is 4.31. The highest BCUT2D eigenvalue weighted by molar-refractivity contribution is 8.18. The number of nitrogens with zero attached hydrogens (tertiary/aromatic N) is 4. The summed E-state index contributed by atoms with van der Waals surface area (Å²) in [6.45, 7) is 5.51. The number of amidine groups is 1. The lowest BCUT2D eigenvalue weighted by atomic mass is 10.2. The summed E-state index contributed by atoms with van der Waals surface area (Å²) in [7, 11) is 0. The van der Waals surface area contributed by atoms with Crippen molar-refractivity contribution in [1.82, 2.24) is 14.7 Å². The Kier molecular flexibility index (Phi) is 5.54. The zero-order valence-corrected chi connectivity index (χ0v) is 20.2. The molecule has 4 aromatic rings. The number of ether oxygens (including phenoxy) is 1. The highest BCUT2D eigenvalue weighted by atomic mass is 32.2. The molecule has 0 N–H and O–H groups in total. The molecule has 2 atom stereocenters. The number of benzene rings is 2. The number of carbonyl (C=O) groups excluding carboxylic acids is 1. The molecule has 6 rings (SSSR count). The molecule has 176 valence electrons. The van der Waals surface area contributed by atoms with Crippen LogP contribution in [-0.2, 0) is 9.53 Å². The van der Waals surface area contributed by atoms with Gasteiger partial charge in [0.1, 0.15) is 11.3 Å². The van der Waals surface area contributed by atoms with Gasteiger partial charge in [-0.2, -0.15) is 10.1 Å². The van der Waals surface area contributed by atoms with E-state index in [1.807, 2.05) is 91.5 Å². The van der Waals surface area contributed by atoms with Gasteiger partial charge in [0.2, 0.25) is 0 Å². The first-order valence-corrected chi connectivity index (χ1v) is 12.4. The number of para-hydroxylation sites is 2. The zero-order valence-electron chi connectivity index (χ0n) is 19.4. The van der Waals surface area contributed by atoms with Crippen LogP contribution in [0.25, 0.3) is 34.2 Å². The molecule has 0 unspecified atom stereocenters. The van der Waals surface area contributed by atoms with E-state index in [0.29, 0.717) is 29.4 Å². The number of aliphatic imine (C=N–C) groups is 1. The predicted molar refractivity (Wildman–Crippen MR) is 138 cm³/mol. The van der Waals surface area contributed by atoms with Crippen molar-refractivity contribution in [3.63, 3.8) is 0 Å². The Morgan fingerprint density at radius 2 is 1.77 bits per heavy atom. The van der Waals surface area contributed by atoms with Crippen LogP contribution in [0.3, 0.4) is 0 Å². The summed E-state index contributed by atoms with van der Waals surface area (Å²) in [5.41, 5.74) is 3.19. The first kappa shape index (κ1) is 21.9. The second-order valence-electron chi connectivity index (χ2n) is 8.83. The Bertz CT molecular complexity index is 1430. The van der Waals surface area contributed by atoms with E-state index in [2.05, 4.69) is 9.89 Å². The van der Waals surface area contributed by atoms with E-state index in [9.17, 15) is 4.79 Å².